The van der Waals surface area contributed by atoms with Crippen molar-refractivity contribution in [3.8, 4) is 0 Å². The highest BCUT2D eigenvalue weighted by Crippen LogP contribution is 2.42. The van der Waals surface area contributed by atoms with E-state index in [1.54, 1.807) is 0 Å². The van der Waals surface area contributed by atoms with Crippen molar-refractivity contribution in [3.05, 3.63) is 47.2 Å². The first-order valence-corrected chi connectivity index (χ1v) is 14.5. The molecule has 2 aromatic rings. The minimum Gasteiger partial charge on any atom is -0.384 e. The lowest BCUT2D eigenvalue weighted by molar-refractivity contribution is 0.0981. The van der Waals surface area contributed by atoms with Crippen molar-refractivity contribution in [1.29, 1.82) is 0 Å². The Balaban J connectivity index is 1.89. The van der Waals surface area contributed by atoms with Crippen LogP contribution in [0.2, 0.25) is 0 Å². The third-order valence-electron chi connectivity index (χ3n) is 7.78. The topological polar surface area (TPSA) is 118 Å². The maximum Gasteiger partial charge on any atom is 0.281 e. The summed E-state index contributed by atoms with van der Waals surface area (Å²) >= 11 is 0. The molecule has 3 heterocycles. The van der Waals surface area contributed by atoms with Crippen molar-refractivity contribution >= 4 is 33.1 Å². The van der Waals surface area contributed by atoms with Gasteiger partial charge in [0, 0.05) is 23.1 Å². The summed E-state index contributed by atoms with van der Waals surface area (Å²) in [6.45, 7) is 13.6. The van der Waals surface area contributed by atoms with Gasteiger partial charge < -0.3 is 10.6 Å². The normalized spacial score (nSPS) is 20.0. The number of carbonyl (C=O) groups is 1. The Bertz CT molecular complexity index is 1340. The summed E-state index contributed by atoms with van der Waals surface area (Å²) in [4.78, 5) is 25.0. The monoisotopic (exact) mass is 525 g/mol. The minimum absolute atomic E-state index is 0.0616. The molecule has 9 heteroatoms. The van der Waals surface area contributed by atoms with Crippen LogP contribution < -0.4 is 15.4 Å². The van der Waals surface area contributed by atoms with Crippen LogP contribution in [0, 0.1) is 5.92 Å². The second kappa shape index (κ2) is 9.74. The highest BCUT2D eigenvalue weighted by atomic mass is 32.2. The molecule has 1 aliphatic heterocycles. The summed E-state index contributed by atoms with van der Waals surface area (Å²) in [5, 5.41) is -0.299. The Hall–Kier alpha value is -2.94. The van der Waals surface area contributed by atoms with Crippen molar-refractivity contribution in [2.45, 2.75) is 89.6 Å². The predicted octanol–water partition coefficient (Wildman–Crippen LogP) is 5.06. The number of nitrogens with one attached hydrogen (secondary N) is 1. The smallest absolute Gasteiger partial charge is 0.281 e. The second-order valence-corrected chi connectivity index (χ2v) is 13.4. The SMILES string of the molecule is CC1CCN(c2nc(C(C)(C)C)c(C3=CCCCC3)cc2C(=O)NS(=O)(=O)c2cccc(N)n2)C1(C)C. The molecule has 1 unspecified atom stereocenters. The number of anilines is 2. The maximum atomic E-state index is 13.7. The summed E-state index contributed by atoms with van der Waals surface area (Å²) in [7, 11) is -4.24. The van der Waals surface area contributed by atoms with Crippen molar-refractivity contribution in [3.63, 3.8) is 0 Å². The van der Waals surface area contributed by atoms with Crippen LogP contribution in [0.4, 0.5) is 11.6 Å². The second-order valence-electron chi connectivity index (χ2n) is 11.8. The molecule has 0 radical (unpaired) electrons. The molecule has 1 atom stereocenters. The molecule has 1 aliphatic carbocycles. The van der Waals surface area contributed by atoms with Gasteiger partial charge in [0.25, 0.3) is 15.9 Å². The van der Waals surface area contributed by atoms with Crippen LogP contribution in [0.1, 0.15) is 95.3 Å². The molecule has 0 saturated carbocycles. The zero-order valence-electron chi connectivity index (χ0n) is 22.8. The lowest BCUT2D eigenvalue weighted by Crippen LogP contribution is -2.44. The molecule has 200 valence electrons. The highest BCUT2D eigenvalue weighted by Gasteiger charge is 2.42. The van der Waals surface area contributed by atoms with E-state index in [2.05, 4.69) is 62.2 Å². The van der Waals surface area contributed by atoms with Crippen LogP contribution in [0.5, 0.6) is 0 Å². The fourth-order valence-corrected chi connectivity index (χ4v) is 6.14. The maximum absolute atomic E-state index is 13.7. The third kappa shape index (κ3) is 5.37. The van der Waals surface area contributed by atoms with Crippen LogP contribution >= 0.6 is 0 Å². The van der Waals surface area contributed by atoms with E-state index in [4.69, 9.17) is 10.7 Å². The number of rotatable bonds is 5. The van der Waals surface area contributed by atoms with E-state index in [1.165, 1.54) is 23.8 Å². The molecule has 2 aromatic heterocycles. The standard InChI is InChI=1S/C28H39N5O3S/c1-18-15-16-33(28(18,5)6)25-21(26(34)32-37(35,36)23-14-10-13-22(29)30-23)17-20(19-11-8-7-9-12-19)24(31-25)27(2,3)4/h10-11,13-14,17-18H,7-9,12,15-16H2,1-6H3,(H2,29,30)(H,32,34). The molecule has 1 amide bonds. The lowest BCUT2D eigenvalue weighted by atomic mass is 9.82. The van der Waals surface area contributed by atoms with E-state index in [0.29, 0.717) is 11.7 Å². The Kier molecular flexibility index (Phi) is 7.14. The Labute approximate surface area is 220 Å². The molecule has 37 heavy (non-hydrogen) atoms. The van der Waals surface area contributed by atoms with E-state index in [1.807, 2.05) is 6.07 Å². The van der Waals surface area contributed by atoms with Crippen LogP contribution in [-0.4, -0.2) is 36.4 Å². The van der Waals surface area contributed by atoms with E-state index >= 15 is 0 Å². The van der Waals surface area contributed by atoms with Crippen molar-refractivity contribution < 1.29 is 13.2 Å². The molecule has 1 fully saturated rings. The van der Waals surface area contributed by atoms with Crippen LogP contribution in [0.25, 0.3) is 5.57 Å². The molecule has 0 aromatic carbocycles. The molecule has 4 rings (SSSR count). The molecule has 2 aliphatic rings. The first-order chi connectivity index (χ1) is 17.2. The van der Waals surface area contributed by atoms with Gasteiger partial charge in [0.1, 0.15) is 11.6 Å². The van der Waals surface area contributed by atoms with Gasteiger partial charge in [-0.15, -0.1) is 0 Å². The van der Waals surface area contributed by atoms with Gasteiger partial charge in [-0.2, -0.15) is 8.42 Å². The van der Waals surface area contributed by atoms with Gasteiger partial charge in [-0.05, 0) is 75.6 Å². The Morgan fingerprint density at radius 3 is 2.49 bits per heavy atom. The highest BCUT2D eigenvalue weighted by molar-refractivity contribution is 7.90. The number of nitrogens with zero attached hydrogens (tertiary/aromatic N) is 3. The van der Waals surface area contributed by atoms with E-state index in [0.717, 1.165) is 49.9 Å². The number of pyridine rings is 2. The number of hydrogen-bond acceptors (Lipinski definition) is 7. The summed E-state index contributed by atoms with van der Waals surface area (Å²) in [6.07, 6.45) is 7.28. The molecule has 1 saturated heterocycles. The minimum atomic E-state index is -4.24. The van der Waals surface area contributed by atoms with Crippen molar-refractivity contribution in [2.24, 2.45) is 5.92 Å². The average Bonchev–Trinajstić information content (AvgIpc) is 3.09. The van der Waals surface area contributed by atoms with Gasteiger partial charge in [-0.3, -0.25) is 4.79 Å². The molecule has 8 nitrogen and oxygen atoms in total. The van der Waals surface area contributed by atoms with Crippen LogP contribution in [-0.2, 0) is 15.4 Å². The van der Waals surface area contributed by atoms with Crippen molar-refractivity contribution in [1.82, 2.24) is 14.7 Å². The quantitative estimate of drug-likeness (QED) is 0.560. The summed E-state index contributed by atoms with van der Waals surface area (Å²) in [5.74, 6) is 0.239. The predicted molar refractivity (Wildman–Crippen MR) is 148 cm³/mol. The number of amides is 1. The van der Waals surface area contributed by atoms with Gasteiger partial charge in [0.2, 0.25) is 0 Å². The number of hydrogen-bond donors (Lipinski definition) is 2. The molecule has 0 spiro atoms. The van der Waals surface area contributed by atoms with E-state index in [9.17, 15) is 13.2 Å². The Morgan fingerprint density at radius 2 is 1.92 bits per heavy atom. The summed E-state index contributed by atoms with van der Waals surface area (Å²) < 4.78 is 28.4. The lowest BCUT2D eigenvalue weighted by Gasteiger charge is -2.38. The van der Waals surface area contributed by atoms with Gasteiger partial charge >= 0.3 is 0 Å². The zero-order chi connectivity index (χ0) is 27.2. The van der Waals surface area contributed by atoms with Crippen LogP contribution in [0.3, 0.4) is 0 Å². The Morgan fingerprint density at radius 1 is 1.19 bits per heavy atom. The van der Waals surface area contributed by atoms with Crippen molar-refractivity contribution in [2.75, 3.05) is 17.2 Å². The van der Waals surface area contributed by atoms with Gasteiger partial charge in [0.05, 0.1) is 11.3 Å². The average molecular weight is 526 g/mol. The summed E-state index contributed by atoms with van der Waals surface area (Å²) in [5.41, 5.74) is 8.43. The number of carbonyl (C=O) groups excluding carboxylic acids is 1. The largest absolute Gasteiger partial charge is 0.384 e. The fourth-order valence-electron chi connectivity index (χ4n) is 5.19. The number of aromatic nitrogens is 2. The number of nitrogens with two attached hydrogens (primary N) is 1. The summed E-state index contributed by atoms with van der Waals surface area (Å²) in [6, 6.07) is 6.16. The van der Waals surface area contributed by atoms with Crippen LogP contribution in [0.15, 0.2) is 35.4 Å². The van der Waals surface area contributed by atoms with E-state index < -0.39 is 15.9 Å². The fraction of sp³-hybridized carbons (Fsp3) is 0.536. The molecular formula is C28H39N5O3S. The molecular weight excluding hydrogens is 486 g/mol. The third-order valence-corrected chi connectivity index (χ3v) is 9.02. The number of sulfonamides is 1. The van der Waals surface area contributed by atoms with Gasteiger partial charge in [-0.25, -0.2) is 14.7 Å². The molecule has 3 N–H and O–H groups in total. The van der Waals surface area contributed by atoms with Gasteiger partial charge in [-0.1, -0.05) is 39.8 Å². The number of allylic oxidation sites excluding steroid dienone is 2. The first kappa shape index (κ1) is 27.1. The first-order valence-electron chi connectivity index (χ1n) is 13.0. The zero-order valence-corrected chi connectivity index (χ0v) is 23.6. The van der Waals surface area contributed by atoms with E-state index in [-0.39, 0.29) is 27.4 Å². The molecule has 0 bridgehead atoms. The number of nitrogen functional groups attached to an aromatic ring is 1. The van der Waals surface area contributed by atoms with Gasteiger partial charge in [0.15, 0.2) is 5.03 Å².